The highest BCUT2D eigenvalue weighted by molar-refractivity contribution is 5.60. The largest absolute Gasteiger partial charge is 0.269 e. The summed E-state index contributed by atoms with van der Waals surface area (Å²) in [7, 11) is 0. The fourth-order valence-corrected chi connectivity index (χ4v) is 2.03. The molecule has 0 bridgehead atoms. The van der Waals surface area contributed by atoms with E-state index in [4.69, 9.17) is 0 Å². The Kier molecular flexibility index (Phi) is 5.36. The van der Waals surface area contributed by atoms with Gasteiger partial charge >= 0.3 is 0 Å². The molecule has 0 aliphatic heterocycles. The van der Waals surface area contributed by atoms with Gasteiger partial charge in [-0.3, -0.25) is 15.5 Å². The molecule has 0 unspecified atom stereocenters. The molecule has 3 aromatic carbocycles. The first-order chi connectivity index (χ1) is 12.7. The van der Waals surface area contributed by atoms with E-state index in [1.54, 1.807) is 24.3 Å². The summed E-state index contributed by atoms with van der Waals surface area (Å²) in [4.78, 5) is 10.2. The SMILES string of the molecule is O=[N+]([O-])c1ccc(NN=Nc2ccccc2N=Nc2ccccc2)cc1. The van der Waals surface area contributed by atoms with Crippen LogP contribution in [0.1, 0.15) is 0 Å². The lowest BCUT2D eigenvalue weighted by molar-refractivity contribution is -0.384. The second-order valence-corrected chi connectivity index (χ2v) is 5.14. The maximum atomic E-state index is 10.6. The number of nitro benzene ring substituents is 1. The molecule has 0 amide bonds. The summed E-state index contributed by atoms with van der Waals surface area (Å²) in [6.45, 7) is 0. The Labute approximate surface area is 149 Å². The molecule has 0 heterocycles. The van der Waals surface area contributed by atoms with Crippen molar-refractivity contribution < 1.29 is 4.92 Å². The Morgan fingerprint density at radius 2 is 1.35 bits per heavy atom. The van der Waals surface area contributed by atoms with Gasteiger partial charge in [-0.1, -0.05) is 35.6 Å². The summed E-state index contributed by atoms with van der Waals surface area (Å²) in [5.41, 5.74) is 5.18. The van der Waals surface area contributed by atoms with E-state index in [0.29, 0.717) is 17.1 Å². The van der Waals surface area contributed by atoms with Crippen LogP contribution in [0.2, 0.25) is 0 Å². The standard InChI is InChI=1S/C18H14N6O2/c25-24(26)16-12-10-15(11-13-16)20-23-22-18-9-5-4-8-17(18)21-19-14-6-2-1-3-7-14/h1-13H,(H,20,22). The molecule has 0 spiro atoms. The molecule has 8 nitrogen and oxygen atoms in total. The number of anilines is 1. The quantitative estimate of drug-likeness (QED) is 0.330. The summed E-state index contributed by atoms with van der Waals surface area (Å²) in [6.07, 6.45) is 0. The summed E-state index contributed by atoms with van der Waals surface area (Å²) in [6, 6.07) is 22.5. The fourth-order valence-electron chi connectivity index (χ4n) is 2.03. The van der Waals surface area contributed by atoms with Crippen molar-refractivity contribution in [2.75, 3.05) is 5.43 Å². The zero-order valence-corrected chi connectivity index (χ0v) is 13.6. The van der Waals surface area contributed by atoms with Gasteiger partial charge in [-0.25, -0.2) is 0 Å². The third-order valence-corrected chi connectivity index (χ3v) is 3.33. The van der Waals surface area contributed by atoms with Crippen molar-refractivity contribution in [1.82, 2.24) is 0 Å². The van der Waals surface area contributed by atoms with Crippen molar-refractivity contribution in [2.24, 2.45) is 20.6 Å². The predicted octanol–water partition coefficient (Wildman–Crippen LogP) is 6.12. The molecule has 0 aromatic heterocycles. The third-order valence-electron chi connectivity index (χ3n) is 3.33. The molecule has 0 aliphatic rings. The van der Waals surface area contributed by atoms with E-state index in [1.165, 1.54) is 12.1 Å². The second kappa shape index (κ2) is 8.25. The molecule has 8 heteroatoms. The summed E-state index contributed by atoms with van der Waals surface area (Å²) >= 11 is 0. The van der Waals surface area contributed by atoms with Crippen molar-refractivity contribution in [2.45, 2.75) is 0 Å². The molecule has 128 valence electrons. The van der Waals surface area contributed by atoms with Crippen molar-refractivity contribution in [3.05, 3.63) is 89.0 Å². The van der Waals surface area contributed by atoms with Gasteiger partial charge in [-0.15, -0.1) is 10.2 Å². The van der Waals surface area contributed by atoms with Crippen molar-refractivity contribution in [1.29, 1.82) is 0 Å². The average Bonchev–Trinajstić information content (AvgIpc) is 2.68. The number of rotatable bonds is 6. The van der Waals surface area contributed by atoms with Gasteiger partial charge in [0.15, 0.2) is 0 Å². The van der Waals surface area contributed by atoms with Crippen molar-refractivity contribution >= 4 is 28.4 Å². The number of nitrogens with zero attached hydrogens (tertiary/aromatic N) is 5. The highest BCUT2D eigenvalue weighted by Crippen LogP contribution is 2.29. The van der Waals surface area contributed by atoms with E-state index >= 15 is 0 Å². The first-order valence-corrected chi connectivity index (χ1v) is 7.69. The van der Waals surface area contributed by atoms with E-state index in [0.717, 1.165) is 5.69 Å². The van der Waals surface area contributed by atoms with Crippen LogP contribution in [0.15, 0.2) is 99.4 Å². The molecule has 0 saturated carbocycles. The third kappa shape index (κ3) is 4.54. The number of nitrogens with one attached hydrogen (secondary N) is 1. The zero-order chi connectivity index (χ0) is 18.2. The van der Waals surface area contributed by atoms with E-state index < -0.39 is 4.92 Å². The summed E-state index contributed by atoms with van der Waals surface area (Å²) in [5.74, 6) is 0. The minimum atomic E-state index is -0.459. The van der Waals surface area contributed by atoms with Crippen LogP contribution in [0.3, 0.4) is 0 Å². The highest BCUT2D eigenvalue weighted by atomic mass is 16.6. The Hall–Kier alpha value is -3.94. The van der Waals surface area contributed by atoms with Crippen LogP contribution in [0.5, 0.6) is 0 Å². The Balaban J connectivity index is 1.70. The van der Waals surface area contributed by atoms with Gasteiger partial charge in [-0.05, 0) is 36.4 Å². The molecule has 26 heavy (non-hydrogen) atoms. The van der Waals surface area contributed by atoms with Gasteiger partial charge in [0.25, 0.3) is 5.69 Å². The maximum absolute atomic E-state index is 10.6. The maximum Gasteiger partial charge on any atom is 0.269 e. The zero-order valence-electron chi connectivity index (χ0n) is 13.6. The number of hydrogen-bond donors (Lipinski definition) is 1. The van der Waals surface area contributed by atoms with E-state index in [1.807, 2.05) is 42.5 Å². The summed E-state index contributed by atoms with van der Waals surface area (Å²) in [5, 5.41) is 27.0. The lowest BCUT2D eigenvalue weighted by atomic mass is 10.3. The molecule has 0 atom stereocenters. The van der Waals surface area contributed by atoms with Gasteiger partial charge in [0.05, 0.1) is 16.3 Å². The summed E-state index contributed by atoms with van der Waals surface area (Å²) < 4.78 is 0. The lowest BCUT2D eigenvalue weighted by Gasteiger charge is -2.00. The number of benzene rings is 3. The Morgan fingerprint density at radius 3 is 2.00 bits per heavy atom. The Morgan fingerprint density at radius 1 is 0.731 bits per heavy atom. The van der Waals surface area contributed by atoms with Crippen LogP contribution in [-0.4, -0.2) is 4.92 Å². The van der Waals surface area contributed by atoms with Crippen LogP contribution in [-0.2, 0) is 0 Å². The van der Waals surface area contributed by atoms with Crippen LogP contribution >= 0.6 is 0 Å². The first kappa shape index (κ1) is 16.9. The smallest absolute Gasteiger partial charge is 0.260 e. The van der Waals surface area contributed by atoms with E-state index in [2.05, 4.69) is 26.0 Å². The fraction of sp³-hybridized carbons (Fsp3) is 0. The Bertz CT molecular complexity index is 939. The number of non-ortho nitro benzene ring substituents is 1. The van der Waals surface area contributed by atoms with Gasteiger partial charge < -0.3 is 0 Å². The number of hydrogen-bond acceptors (Lipinski definition) is 6. The predicted molar refractivity (Wildman–Crippen MR) is 98.3 cm³/mol. The van der Waals surface area contributed by atoms with Gasteiger partial charge in [0.2, 0.25) is 0 Å². The average molecular weight is 346 g/mol. The van der Waals surface area contributed by atoms with Crippen molar-refractivity contribution in [3.8, 4) is 0 Å². The topological polar surface area (TPSA) is 105 Å². The van der Waals surface area contributed by atoms with Crippen molar-refractivity contribution in [3.63, 3.8) is 0 Å². The van der Waals surface area contributed by atoms with E-state index in [-0.39, 0.29) is 5.69 Å². The molecular formula is C18H14N6O2. The van der Waals surface area contributed by atoms with Crippen LogP contribution in [0, 0.1) is 10.1 Å². The number of nitro groups is 1. The van der Waals surface area contributed by atoms with E-state index in [9.17, 15) is 10.1 Å². The monoisotopic (exact) mass is 346 g/mol. The minimum Gasteiger partial charge on any atom is -0.260 e. The van der Waals surface area contributed by atoms with Gasteiger partial charge in [-0.2, -0.15) is 5.11 Å². The normalized spacial score (nSPS) is 11.1. The minimum absolute atomic E-state index is 0.0131. The number of azo groups is 1. The molecular weight excluding hydrogens is 332 g/mol. The molecule has 0 fully saturated rings. The molecule has 3 rings (SSSR count). The lowest BCUT2D eigenvalue weighted by Crippen LogP contribution is -1.89. The first-order valence-electron chi connectivity index (χ1n) is 7.69. The highest BCUT2D eigenvalue weighted by Gasteiger charge is 2.03. The molecule has 0 saturated heterocycles. The van der Waals surface area contributed by atoms with Crippen LogP contribution in [0.4, 0.5) is 28.4 Å². The van der Waals surface area contributed by atoms with Gasteiger partial charge in [0, 0.05) is 12.1 Å². The molecule has 1 N–H and O–H groups in total. The van der Waals surface area contributed by atoms with Crippen LogP contribution in [0.25, 0.3) is 0 Å². The van der Waals surface area contributed by atoms with Gasteiger partial charge in [0.1, 0.15) is 11.4 Å². The second-order valence-electron chi connectivity index (χ2n) is 5.14. The van der Waals surface area contributed by atoms with Crippen LogP contribution < -0.4 is 5.43 Å². The molecule has 0 aliphatic carbocycles. The molecule has 0 radical (unpaired) electrons. The molecule has 3 aromatic rings.